The molecule has 0 aliphatic carbocycles. The molecule has 1 fully saturated rings. The second-order valence-electron chi connectivity index (χ2n) is 7.73. The molecule has 4 rings (SSSR count). The van der Waals surface area contributed by atoms with Crippen LogP contribution in [0.5, 0.6) is 11.5 Å². The molecule has 0 spiro atoms. The number of ether oxygens (including phenoxy) is 2. The molecular weight excluding hydrogens is 523 g/mol. The van der Waals surface area contributed by atoms with Crippen LogP contribution < -0.4 is 19.7 Å². The SMILES string of the molecule is COc1cc(/C=C2/SC(=O)N(c3ccc(Cl)cc3)C2=O)cc(Cl)c1OCC(=O)Nc1ccc(C)cc1. The first-order valence-electron chi connectivity index (χ1n) is 10.7. The maximum absolute atomic E-state index is 12.9. The summed E-state index contributed by atoms with van der Waals surface area (Å²) in [5.41, 5.74) is 2.68. The van der Waals surface area contributed by atoms with Gasteiger partial charge in [0.1, 0.15) is 0 Å². The summed E-state index contributed by atoms with van der Waals surface area (Å²) in [5, 5.41) is 3.00. The van der Waals surface area contributed by atoms with Crippen molar-refractivity contribution in [3.05, 3.63) is 86.7 Å². The Kier molecular flexibility index (Phi) is 7.88. The molecule has 0 saturated carbocycles. The van der Waals surface area contributed by atoms with Gasteiger partial charge < -0.3 is 14.8 Å². The first kappa shape index (κ1) is 25.6. The van der Waals surface area contributed by atoms with Gasteiger partial charge in [-0.1, -0.05) is 40.9 Å². The molecule has 10 heteroatoms. The quantitative estimate of drug-likeness (QED) is 0.340. The average Bonchev–Trinajstić information content (AvgIpc) is 3.12. The number of thioether (sulfide) groups is 1. The molecule has 3 aromatic rings. The molecule has 0 bridgehead atoms. The zero-order valence-corrected chi connectivity index (χ0v) is 21.5. The number of hydrogen-bond donors (Lipinski definition) is 1. The number of rotatable bonds is 7. The number of amides is 3. The van der Waals surface area contributed by atoms with Gasteiger partial charge in [-0.15, -0.1) is 0 Å². The topological polar surface area (TPSA) is 84.9 Å². The summed E-state index contributed by atoms with van der Waals surface area (Å²) in [7, 11) is 1.43. The molecule has 3 amide bonds. The fourth-order valence-electron chi connectivity index (χ4n) is 3.37. The van der Waals surface area contributed by atoms with Gasteiger partial charge in [-0.25, -0.2) is 4.90 Å². The summed E-state index contributed by atoms with van der Waals surface area (Å²) < 4.78 is 11.0. The monoisotopic (exact) mass is 542 g/mol. The zero-order chi connectivity index (χ0) is 25.8. The van der Waals surface area contributed by atoms with E-state index in [4.69, 9.17) is 32.7 Å². The van der Waals surface area contributed by atoms with Crippen molar-refractivity contribution in [3.8, 4) is 11.5 Å². The highest BCUT2D eigenvalue weighted by molar-refractivity contribution is 8.19. The molecule has 0 unspecified atom stereocenters. The molecule has 0 radical (unpaired) electrons. The summed E-state index contributed by atoms with van der Waals surface area (Å²) in [6, 6.07) is 16.9. The van der Waals surface area contributed by atoms with E-state index in [0.717, 1.165) is 22.2 Å². The Bertz CT molecular complexity index is 1360. The van der Waals surface area contributed by atoms with E-state index in [0.29, 0.717) is 22.0 Å². The van der Waals surface area contributed by atoms with Gasteiger partial charge in [0.05, 0.1) is 22.7 Å². The molecule has 184 valence electrons. The van der Waals surface area contributed by atoms with Crippen molar-refractivity contribution in [1.29, 1.82) is 0 Å². The molecule has 36 heavy (non-hydrogen) atoms. The number of anilines is 2. The minimum atomic E-state index is -0.462. The van der Waals surface area contributed by atoms with Gasteiger partial charge in [0, 0.05) is 10.7 Å². The van der Waals surface area contributed by atoms with E-state index in [2.05, 4.69) is 5.32 Å². The molecule has 1 aliphatic heterocycles. The summed E-state index contributed by atoms with van der Waals surface area (Å²) in [4.78, 5) is 39.0. The lowest BCUT2D eigenvalue weighted by atomic mass is 10.1. The standard InChI is InChI=1S/C26H20Cl2N2O5S/c1-15-3-7-18(8-4-15)29-23(31)14-35-24-20(28)11-16(12-21(24)34-2)13-22-25(32)30(26(33)36-22)19-9-5-17(27)6-10-19/h3-13H,14H2,1-2H3,(H,29,31)/b22-13+. The highest BCUT2D eigenvalue weighted by Gasteiger charge is 2.36. The molecular formula is C26H20Cl2N2O5S. The second kappa shape index (κ2) is 11.1. The molecule has 1 N–H and O–H groups in total. The van der Waals surface area contributed by atoms with Gasteiger partial charge in [0.15, 0.2) is 18.1 Å². The highest BCUT2D eigenvalue weighted by atomic mass is 35.5. The number of imide groups is 1. The van der Waals surface area contributed by atoms with Crippen LogP contribution >= 0.6 is 35.0 Å². The van der Waals surface area contributed by atoms with Gasteiger partial charge in [0.2, 0.25) is 0 Å². The molecule has 7 nitrogen and oxygen atoms in total. The zero-order valence-electron chi connectivity index (χ0n) is 19.2. The van der Waals surface area contributed by atoms with Crippen molar-refractivity contribution < 1.29 is 23.9 Å². The van der Waals surface area contributed by atoms with E-state index in [1.54, 1.807) is 54.6 Å². The van der Waals surface area contributed by atoms with Crippen LogP contribution in [0, 0.1) is 6.92 Å². The number of carbonyl (C=O) groups is 3. The van der Waals surface area contributed by atoms with E-state index in [1.165, 1.54) is 7.11 Å². The lowest BCUT2D eigenvalue weighted by Gasteiger charge is -2.14. The number of nitrogens with zero attached hydrogens (tertiary/aromatic N) is 1. The van der Waals surface area contributed by atoms with Gasteiger partial charge >= 0.3 is 0 Å². The van der Waals surface area contributed by atoms with Crippen molar-refractivity contribution >= 4 is 69.5 Å². The molecule has 1 heterocycles. The predicted octanol–water partition coefficient (Wildman–Crippen LogP) is 6.57. The fourth-order valence-corrected chi connectivity index (χ4v) is 4.61. The van der Waals surface area contributed by atoms with Crippen LogP contribution in [0.25, 0.3) is 6.08 Å². The van der Waals surface area contributed by atoms with E-state index in [-0.39, 0.29) is 33.9 Å². The number of aryl methyl sites for hydroxylation is 1. The van der Waals surface area contributed by atoms with Gasteiger partial charge in [-0.2, -0.15) is 0 Å². The Labute approximate surface area is 222 Å². The lowest BCUT2D eigenvalue weighted by Crippen LogP contribution is -2.27. The van der Waals surface area contributed by atoms with Crippen LogP contribution in [0.1, 0.15) is 11.1 Å². The third-order valence-electron chi connectivity index (χ3n) is 5.11. The van der Waals surface area contributed by atoms with Crippen molar-refractivity contribution in [3.63, 3.8) is 0 Å². The molecule has 0 aromatic heterocycles. The van der Waals surface area contributed by atoms with Crippen molar-refractivity contribution in [2.75, 3.05) is 23.9 Å². The van der Waals surface area contributed by atoms with E-state index in [9.17, 15) is 14.4 Å². The van der Waals surface area contributed by atoms with Crippen LogP contribution in [0.4, 0.5) is 16.2 Å². The smallest absolute Gasteiger partial charge is 0.298 e. The largest absolute Gasteiger partial charge is 0.493 e. The van der Waals surface area contributed by atoms with Crippen LogP contribution in [0.3, 0.4) is 0 Å². The Morgan fingerprint density at radius 1 is 1.06 bits per heavy atom. The second-order valence-corrected chi connectivity index (χ2v) is 9.57. The van der Waals surface area contributed by atoms with Crippen LogP contribution in [0.15, 0.2) is 65.6 Å². The fraction of sp³-hybridized carbons (Fsp3) is 0.115. The minimum Gasteiger partial charge on any atom is -0.493 e. The number of carbonyl (C=O) groups excluding carboxylic acids is 3. The Morgan fingerprint density at radius 3 is 2.42 bits per heavy atom. The maximum atomic E-state index is 12.9. The molecule has 0 atom stereocenters. The number of hydrogen-bond acceptors (Lipinski definition) is 6. The minimum absolute atomic E-state index is 0.181. The third kappa shape index (κ3) is 5.84. The lowest BCUT2D eigenvalue weighted by molar-refractivity contribution is -0.118. The van der Waals surface area contributed by atoms with Crippen molar-refractivity contribution in [2.45, 2.75) is 6.92 Å². The van der Waals surface area contributed by atoms with Gasteiger partial charge in [0.25, 0.3) is 17.1 Å². The van der Waals surface area contributed by atoms with Gasteiger partial charge in [-0.05, 0) is 78.9 Å². The predicted molar refractivity (Wildman–Crippen MR) is 143 cm³/mol. The number of nitrogens with one attached hydrogen (secondary N) is 1. The van der Waals surface area contributed by atoms with E-state index in [1.807, 2.05) is 19.1 Å². The van der Waals surface area contributed by atoms with Gasteiger partial charge in [-0.3, -0.25) is 14.4 Å². The van der Waals surface area contributed by atoms with E-state index < -0.39 is 11.1 Å². The van der Waals surface area contributed by atoms with Crippen LogP contribution in [0.2, 0.25) is 10.0 Å². The number of methoxy groups -OCH3 is 1. The normalized spacial score (nSPS) is 14.3. The summed E-state index contributed by atoms with van der Waals surface area (Å²) in [6.07, 6.45) is 1.54. The number of benzene rings is 3. The number of halogens is 2. The van der Waals surface area contributed by atoms with Crippen molar-refractivity contribution in [2.24, 2.45) is 0 Å². The first-order valence-corrected chi connectivity index (χ1v) is 12.2. The Balaban J connectivity index is 1.49. The molecule has 1 aliphatic rings. The van der Waals surface area contributed by atoms with E-state index >= 15 is 0 Å². The van der Waals surface area contributed by atoms with Crippen molar-refractivity contribution in [1.82, 2.24) is 0 Å². The first-order chi connectivity index (χ1) is 17.2. The molecule has 1 saturated heterocycles. The summed E-state index contributed by atoms with van der Waals surface area (Å²) >= 11 is 13.1. The Hall–Kier alpha value is -3.46. The van der Waals surface area contributed by atoms with Crippen LogP contribution in [-0.4, -0.2) is 30.8 Å². The van der Waals surface area contributed by atoms with Crippen LogP contribution in [-0.2, 0) is 9.59 Å². The summed E-state index contributed by atoms with van der Waals surface area (Å²) in [5.74, 6) is -0.370. The summed E-state index contributed by atoms with van der Waals surface area (Å²) in [6.45, 7) is 1.67. The average molecular weight is 543 g/mol. The third-order valence-corrected chi connectivity index (χ3v) is 6.51. The maximum Gasteiger partial charge on any atom is 0.298 e. The molecule has 3 aromatic carbocycles. The Morgan fingerprint density at radius 2 is 1.75 bits per heavy atom. The highest BCUT2D eigenvalue weighted by Crippen LogP contribution is 2.40.